The third-order valence-corrected chi connectivity index (χ3v) is 6.13. The van der Waals surface area contributed by atoms with E-state index >= 15 is 0 Å². The third kappa shape index (κ3) is 3.34. The van der Waals surface area contributed by atoms with Crippen LogP contribution in [-0.2, 0) is 17.9 Å². The van der Waals surface area contributed by atoms with Gasteiger partial charge in [0.1, 0.15) is 0 Å². The summed E-state index contributed by atoms with van der Waals surface area (Å²) in [6.07, 6.45) is 0. The summed E-state index contributed by atoms with van der Waals surface area (Å²) >= 11 is 6.45. The summed E-state index contributed by atoms with van der Waals surface area (Å²) in [5.41, 5.74) is 5.33. The summed E-state index contributed by atoms with van der Waals surface area (Å²) in [6, 6.07) is 16.4. The van der Waals surface area contributed by atoms with Crippen LogP contribution in [0.25, 0.3) is 0 Å². The highest BCUT2D eigenvalue weighted by Crippen LogP contribution is 2.33. The van der Waals surface area contributed by atoms with Crippen LogP contribution in [0.5, 0.6) is 0 Å². The van der Waals surface area contributed by atoms with Gasteiger partial charge in [0.05, 0.1) is 18.7 Å². The maximum atomic E-state index is 13.4. The molecule has 0 N–H and O–H groups in total. The smallest absolute Gasteiger partial charge is 0.259 e. The van der Waals surface area contributed by atoms with Gasteiger partial charge in [-0.1, -0.05) is 54.1 Å². The molecule has 0 fully saturated rings. The van der Waals surface area contributed by atoms with Gasteiger partial charge in [-0.3, -0.25) is 19.6 Å². The first kappa shape index (κ1) is 18.4. The lowest BCUT2D eigenvalue weighted by Gasteiger charge is -2.35. The quantitative estimate of drug-likeness (QED) is 0.780. The Hall–Kier alpha value is -2.63. The molecule has 3 heterocycles. The fourth-order valence-electron chi connectivity index (χ4n) is 4.34. The van der Waals surface area contributed by atoms with Crippen LogP contribution in [0.4, 0.5) is 0 Å². The van der Waals surface area contributed by atoms with E-state index < -0.39 is 0 Å². The number of aliphatic imine (C=N–C) groups is 1. The second-order valence-corrected chi connectivity index (χ2v) is 8.28. The highest BCUT2D eigenvalue weighted by molar-refractivity contribution is 6.31. The van der Waals surface area contributed by atoms with Crippen molar-refractivity contribution in [1.82, 2.24) is 14.7 Å². The number of carbonyl (C=O) groups is 1. The Morgan fingerprint density at radius 1 is 1.07 bits per heavy atom. The fraction of sp³-hybridized carbons (Fsp3) is 0.304. The third-order valence-electron chi connectivity index (χ3n) is 5.78. The van der Waals surface area contributed by atoms with E-state index in [9.17, 15) is 4.79 Å². The van der Waals surface area contributed by atoms with E-state index in [-0.39, 0.29) is 5.91 Å². The van der Waals surface area contributed by atoms with Gasteiger partial charge in [0, 0.05) is 36.9 Å². The summed E-state index contributed by atoms with van der Waals surface area (Å²) in [4.78, 5) is 24.4. The number of amides is 1. The van der Waals surface area contributed by atoms with Crippen LogP contribution < -0.4 is 0 Å². The maximum absolute atomic E-state index is 13.4. The van der Waals surface area contributed by atoms with Crippen LogP contribution in [0.1, 0.15) is 16.7 Å². The van der Waals surface area contributed by atoms with Crippen LogP contribution >= 0.6 is 11.6 Å². The van der Waals surface area contributed by atoms with Gasteiger partial charge in [0.2, 0.25) is 5.96 Å². The monoisotopic (exact) mass is 406 g/mol. The minimum atomic E-state index is 0.0594. The number of carbonyl (C=O) groups excluding carboxylic acids is 1. The minimum absolute atomic E-state index is 0.0594. The van der Waals surface area contributed by atoms with E-state index in [1.807, 2.05) is 31.2 Å². The Morgan fingerprint density at radius 2 is 1.90 bits per heavy atom. The lowest BCUT2D eigenvalue weighted by molar-refractivity contribution is -0.125. The van der Waals surface area contributed by atoms with E-state index in [0.29, 0.717) is 18.1 Å². The second-order valence-electron chi connectivity index (χ2n) is 7.88. The molecule has 3 aliphatic rings. The summed E-state index contributed by atoms with van der Waals surface area (Å²) in [5, 5.41) is 0.694. The topological polar surface area (TPSA) is 39.2 Å². The summed E-state index contributed by atoms with van der Waals surface area (Å²) in [5.74, 6) is 0.830. The minimum Gasteiger partial charge on any atom is -0.312 e. The molecule has 0 aliphatic carbocycles. The van der Waals surface area contributed by atoms with Crippen molar-refractivity contribution in [2.45, 2.75) is 20.0 Å². The molecule has 148 valence electrons. The zero-order chi connectivity index (χ0) is 20.0. The van der Waals surface area contributed by atoms with E-state index in [1.54, 1.807) is 4.90 Å². The van der Waals surface area contributed by atoms with Crippen molar-refractivity contribution in [3.8, 4) is 0 Å². The molecule has 0 unspecified atom stereocenters. The van der Waals surface area contributed by atoms with Gasteiger partial charge in [-0.15, -0.1) is 0 Å². The molecule has 0 radical (unpaired) electrons. The predicted molar refractivity (Wildman–Crippen MR) is 114 cm³/mol. The van der Waals surface area contributed by atoms with Gasteiger partial charge in [-0.2, -0.15) is 0 Å². The highest BCUT2D eigenvalue weighted by Gasteiger charge is 2.42. The van der Waals surface area contributed by atoms with E-state index in [4.69, 9.17) is 11.6 Å². The molecule has 5 rings (SSSR count). The number of hydrogen-bond acceptors (Lipinski definition) is 4. The Bertz CT molecular complexity index is 1030. The van der Waals surface area contributed by atoms with Gasteiger partial charge in [-0.25, -0.2) is 0 Å². The van der Waals surface area contributed by atoms with Crippen molar-refractivity contribution in [3.63, 3.8) is 0 Å². The normalized spacial score (nSPS) is 19.0. The molecule has 3 aliphatic heterocycles. The maximum Gasteiger partial charge on any atom is 0.259 e. The highest BCUT2D eigenvalue weighted by atomic mass is 35.5. The average Bonchev–Trinajstić information content (AvgIpc) is 3.34. The lowest BCUT2D eigenvalue weighted by atomic mass is 10.1. The lowest BCUT2D eigenvalue weighted by Crippen LogP contribution is -2.49. The first-order chi connectivity index (χ1) is 14.1. The molecular weight excluding hydrogens is 384 g/mol. The Morgan fingerprint density at radius 3 is 2.69 bits per heavy atom. The predicted octanol–water partition coefficient (Wildman–Crippen LogP) is 3.43. The largest absolute Gasteiger partial charge is 0.312 e. The van der Waals surface area contributed by atoms with Crippen molar-refractivity contribution < 1.29 is 4.79 Å². The molecule has 0 saturated carbocycles. The zero-order valence-electron chi connectivity index (χ0n) is 16.4. The molecule has 2 aromatic rings. The van der Waals surface area contributed by atoms with Gasteiger partial charge < -0.3 is 4.90 Å². The van der Waals surface area contributed by atoms with Gasteiger partial charge in [0.25, 0.3) is 5.91 Å². The van der Waals surface area contributed by atoms with Crippen LogP contribution in [0.3, 0.4) is 0 Å². The molecule has 0 aromatic heterocycles. The number of halogens is 1. The molecule has 0 atom stereocenters. The Balaban J connectivity index is 1.40. The molecule has 6 heteroatoms. The van der Waals surface area contributed by atoms with Crippen molar-refractivity contribution in [3.05, 3.63) is 81.5 Å². The molecule has 1 amide bonds. The van der Waals surface area contributed by atoms with Crippen LogP contribution in [0.2, 0.25) is 5.02 Å². The molecule has 29 heavy (non-hydrogen) atoms. The average molecular weight is 407 g/mol. The van der Waals surface area contributed by atoms with Crippen molar-refractivity contribution in [2.75, 3.05) is 26.2 Å². The van der Waals surface area contributed by atoms with Gasteiger partial charge in [0.15, 0.2) is 0 Å². The van der Waals surface area contributed by atoms with E-state index in [1.165, 1.54) is 5.56 Å². The van der Waals surface area contributed by atoms with Crippen LogP contribution in [0, 0.1) is 6.92 Å². The number of hydrogen-bond donors (Lipinski definition) is 0. The number of guanidine groups is 1. The number of rotatable bonds is 4. The zero-order valence-corrected chi connectivity index (χ0v) is 17.2. The number of fused-ring (bicyclic) bond motifs is 2. The molecule has 5 nitrogen and oxygen atoms in total. The SMILES string of the molecule is Cc1ccc(CN2C(=O)C3=C(CN(Cc4ccccc4)C3)N3CCN=C23)c(Cl)c1. The van der Waals surface area contributed by atoms with Crippen molar-refractivity contribution in [1.29, 1.82) is 0 Å². The van der Waals surface area contributed by atoms with Crippen molar-refractivity contribution in [2.24, 2.45) is 4.99 Å². The van der Waals surface area contributed by atoms with Gasteiger partial charge in [-0.05, 0) is 29.7 Å². The van der Waals surface area contributed by atoms with E-state index in [2.05, 4.69) is 39.1 Å². The first-order valence-electron chi connectivity index (χ1n) is 9.97. The fourth-order valence-corrected chi connectivity index (χ4v) is 4.63. The van der Waals surface area contributed by atoms with E-state index in [0.717, 1.165) is 54.5 Å². The molecular formula is C23H23ClN4O. The molecule has 0 bridgehead atoms. The van der Waals surface area contributed by atoms with Gasteiger partial charge >= 0.3 is 0 Å². The Kier molecular flexibility index (Phi) is 4.64. The molecule has 0 saturated heterocycles. The number of benzene rings is 2. The van der Waals surface area contributed by atoms with Crippen LogP contribution in [-0.4, -0.2) is 52.7 Å². The standard InChI is InChI=1S/C23H23ClN4O/c1-16-7-8-18(20(24)11-16)13-28-22(29)19-14-26(12-17-5-3-2-4-6-17)15-21(19)27-10-9-25-23(27)28/h2-8,11H,9-10,12-15H2,1H3. The second kappa shape index (κ2) is 7.32. The molecule has 2 aromatic carbocycles. The summed E-state index contributed by atoms with van der Waals surface area (Å²) in [6.45, 7) is 6.31. The van der Waals surface area contributed by atoms with Crippen molar-refractivity contribution >= 4 is 23.5 Å². The summed E-state index contributed by atoms with van der Waals surface area (Å²) in [7, 11) is 0. The number of nitrogens with zero attached hydrogens (tertiary/aromatic N) is 4. The Labute approximate surface area is 175 Å². The first-order valence-corrected chi connectivity index (χ1v) is 10.3. The summed E-state index contributed by atoms with van der Waals surface area (Å²) < 4.78 is 0. The number of aryl methyl sites for hydroxylation is 1. The van der Waals surface area contributed by atoms with Crippen LogP contribution in [0.15, 0.2) is 64.8 Å². The molecule has 0 spiro atoms.